The molecule has 0 saturated carbocycles. The van der Waals surface area contributed by atoms with Crippen LogP contribution in [0.2, 0.25) is 0 Å². The number of carbonyl (C=O) groups is 1. The highest BCUT2D eigenvalue weighted by molar-refractivity contribution is 7.93. The zero-order chi connectivity index (χ0) is 21.2. The van der Waals surface area contributed by atoms with E-state index in [-0.39, 0.29) is 27.2 Å². The van der Waals surface area contributed by atoms with Crippen molar-refractivity contribution in [3.63, 3.8) is 0 Å². The number of nitrogens with one attached hydrogen (secondary N) is 1. The second-order valence-corrected chi connectivity index (χ2v) is 8.29. The Labute approximate surface area is 168 Å². The summed E-state index contributed by atoms with van der Waals surface area (Å²) in [6.45, 7) is 2.50. The molecule has 2 heterocycles. The van der Waals surface area contributed by atoms with Crippen molar-refractivity contribution in [2.75, 3.05) is 4.72 Å². The van der Waals surface area contributed by atoms with Gasteiger partial charge < -0.3 is 9.52 Å². The van der Waals surface area contributed by atoms with Crippen molar-refractivity contribution in [3.05, 3.63) is 57.6 Å². The minimum atomic E-state index is -3.80. The van der Waals surface area contributed by atoms with Crippen molar-refractivity contribution in [2.24, 2.45) is 10.2 Å². The first kappa shape index (κ1) is 20.4. The lowest BCUT2D eigenvalue weighted by molar-refractivity contribution is 0.101. The van der Waals surface area contributed by atoms with E-state index < -0.39 is 32.7 Å². The predicted octanol–water partition coefficient (Wildman–Crippen LogP) is 3.53. The van der Waals surface area contributed by atoms with E-state index in [1.54, 1.807) is 5.38 Å². The number of hydrogen-bond acceptors (Lipinski definition) is 10. The first-order valence-electron chi connectivity index (χ1n) is 8.01. The fourth-order valence-electron chi connectivity index (χ4n) is 2.30. The Hall–Kier alpha value is -3.38. The molecule has 150 valence electrons. The molecule has 3 rings (SSSR count). The number of hydrogen-bond donors (Lipinski definition) is 2. The number of aromatic hydroxyl groups is 1. The normalized spacial score (nSPS) is 11.7. The van der Waals surface area contributed by atoms with E-state index in [0.29, 0.717) is 0 Å². The Balaban J connectivity index is 1.87. The van der Waals surface area contributed by atoms with Gasteiger partial charge in [0.05, 0.1) is 10.6 Å². The van der Waals surface area contributed by atoms with E-state index in [1.807, 2.05) is 0 Å². The maximum atomic E-state index is 12.3. The van der Waals surface area contributed by atoms with Gasteiger partial charge in [0.25, 0.3) is 10.0 Å². The Morgan fingerprint density at radius 1 is 1.24 bits per heavy atom. The summed E-state index contributed by atoms with van der Waals surface area (Å²) in [5.41, 5.74) is -1.38. The average molecular weight is 434 g/mol. The third-order valence-corrected chi connectivity index (χ3v) is 5.84. The smallest absolute Gasteiger partial charge is 0.350 e. The number of aromatic nitrogens is 1. The standard InChI is InChI=1S/C17H14N4O6S2/c1-9(22)13-15(23)14(10(2)27-16(13)24)20-19-11-3-5-12(6-4-11)29(25,26)21-17-18-7-8-28-17/h3-8,23H,1-2H3,(H,18,21). The molecule has 0 saturated heterocycles. The van der Waals surface area contributed by atoms with Crippen LogP contribution in [-0.4, -0.2) is 24.3 Å². The molecule has 0 unspecified atom stereocenters. The van der Waals surface area contributed by atoms with Crippen LogP contribution in [-0.2, 0) is 10.0 Å². The number of thiazole rings is 1. The van der Waals surface area contributed by atoms with Gasteiger partial charge in [0.1, 0.15) is 11.3 Å². The Morgan fingerprint density at radius 3 is 2.52 bits per heavy atom. The zero-order valence-corrected chi connectivity index (χ0v) is 16.7. The summed E-state index contributed by atoms with van der Waals surface area (Å²) in [6.07, 6.45) is 1.48. The number of carbonyl (C=O) groups excluding carboxylic acids is 1. The van der Waals surface area contributed by atoms with Crippen molar-refractivity contribution < 1.29 is 22.7 Å². The Morgan fingerprint density at radius 2 is 1.93 bits per heavy atom. The maximum absolute atomic E-state index is 12.3. The van der Waals surface area contributed by atoms with Crippen LogP contribution < -0.4 is 10.3 Å². The SMILES string of the molecule is CC(=O)c1c(O)c(N=Nc2ccc(S(=O)(=O)Nc3nccs3)cc2)c(C)oc1=O. The molecule has 0 aliphatic rings. The summed E-state index contributed by atoms with van der Waals surface area (Å²) in [6, 6.07) is 5.45. The van der Waals surface area contributed by atoms with Crippen LogP contribution >= 0.6 is 11.3 Å². The summed E-state index contributed by atoms with van der Waals surface area (Å²) in [7, 11) is -3.80. The number of nitrogens with zero attached hydrogens (tertiary/aromatic N) is 3. The van der Waals surface area contributed by atoms with E-state index in [0.717, 1.165) is 18.3 Å². The van der Waals surface area contributed by atoms with Crippen LogP contribution in [0.1, 0.15) is 23.0 Å². The second kappa shape index (κ2) is 7.93. The lowest BCUT2D eigenvalue weighted by Gasteiger charge is -2.05. The highest BCUT2D eigenvalue weighted by Gasteiger charge is 2.20. The molecule has 0 aliphatic carbocycles. The van der Waals surface area contributed by atoms with Gasteiger partial charge in [-0.05, 0) is 38.1 Å². The summed E-state index contributed by atoms with van der Waals surface area (Å²) in [4.78, 5) is 27.1. The highest BCUT2D eigenvalue weighted by atomic mass is 32.2. The predicted molar refractivity (Wildman–Crippen MR) is 105 cm³/mol. The number of sulfonamides is 1. The molecule has 2 aromatic heterocycles. The number of rotatable bonds is 6. The molecule has 0 atom stereocenters. The first-order valence-corrected chi connectivity index (χ1v) is 10.4. The second-order valence-electron chi connectivity index (χ2n) is 5.71. The largest absolute Gasteiger partial charge is 0.505 e. The van der Waals surface area contributed by atoms with Gasteiger partial charge in [0, 0.05) is 11.6 Å². The molecule has 0 aliphatic heterocycles. The maximum Gasteiger partial charge on any atom is 0.350 e. The molecule has 0 spiro atoms. The van der Waals surface area contributed by atoms with Crippen LogP contribution in [0.4, 0.5) is 16.5 Å². The van der Waals surface area contributed by atoms with Crippen LogP contribution in [0.5, 0.6) is 5.75 Å². The van der Waals surface area contributed by atoms with Gasteiger partial charge in [-0.3, -0.25) is 9.52 Å². The molecular formula is C17H14N4O6S2. The minimum Gasteiger partial charge on any atom is -0.505 e. The highest BCUT2D eigenvalue weighted by Crippen LogP contribution is 2.33. The van der Waals surface area contributed by atoms with Crippen LogP contribution in [0, 0.1) is 6.92 Å². The third-order valence-electron chi connectivity index (χ3n) is 3.66. The molecular weight excluding hydrogens is 420 g/mol. The Kier molecular flexibility index (Phi) is 5.57. The van der Waals surface area contributed by atoms with Gasteiger partial charge in [-0.2, -0.15) is 5.11 Å². The topological polar surface area (TPSA) is 151 Å². The van der Waals surface area contributed by atoms with E-state index in [1.165, 1.54) is 37.4 Å². The van der Waals surface area contributed by atoms with Crippen molar-refractivity contribution in [2.45, 2.75) is 18.7 Å². The number of azo groups is 1. The number of aryl methyl sites for hydroxylation is 1. The number of anilines is 1. The van der Waals surface area contributed by atoms with Crippen LogP contribution in [0.25, 0.3) is 0 Å². The molecule has 0 bridgehead atoms. The van der Waals surface area contributed by atoms with Crippen molar-refractivity contribution in [1.29, 1.82) is 0 Å². The van der Waals surface area contributed by atoms with Crippen molar-refractivity contribution >= 4 is 43.6 Å². The van der Waals surface area contributed by atoms with Gasteiger partial charge in [0.15, 0.2) is 22.4 Å². The molecule has 0 fully saturated rings. The van der Waals surface area contributed by atoms with E-state index in [9.17, 15) is 23.1 Å². The van der Waals surface area contributed by atoms with E-state index in [4.69, 9.17) is 4.42 Å². The van der Waals surface area contributed by atoms with Gasteiger partial charge in [0.2, 0.25) is 0 Å². The van der Waals surface area contributed by atoms with Crippen molar-refractivity contribution in [1.82, 2.24) is 4.98 Å². The quantitative estimate of drug-likeness (QED) is 0.445. The molecule has 0 amide bonds. The zero-order valence-electron chi connectivity index (χ0n) is 15.1. The van der Waals surface area contributed by atoms with Crippen LogP contribution in [0.3, 0.4) is 0 Å². The molecule has 3 aromatic rings. The molecule has 29 heavy (non-hydrogen) atoms. The van der Waals surface area contributed by atoms with E-state index in [2.05, 4.69) is 19.9 Å². The van der Waals surface area contributed by atoms with Crippen molar-refractivity contribution in [3.8, 4) is 5.75 Å². The van der Waals surface area contributed by atoms with E-state index >= 15 is 0 Å². The first-order chi connectivity index (χ1) is 13.7. The molecule has 10 nitrogen and oxygen atoms in total. The van der Waals surface area contributed by atoms with Crippen LogP contribution in [0.15, 0.2) is 60.2 Å². The summed E-state index contributed by atoms with van der Waals surface area (Å²) < 4.78 is 31.9. The van der Waals surface area contributed by atoms with Gasteiger partial charge in [-0.1, -0.05) is 0 Å². The number of ketones is 1. The number of benzene rings is 1. The number of Topliss-reactive ketones (excluding diaryl/α,β-unsaturated/α-hetero) is 1. The monoisotopic (exact) mass is 434 g/mol. The van der Waals surface area contributed by atoms with Gasteiger partial charge in [-0.15, -0.1) is 16.5 Å². The molecule has 2 N–H and O–H groups in total. The fourth-order valence-corrected chi connectivity index (χ4v) is 4.08. The third kappa shape index (κ3) is 4.38. The lowest BCUT2D eigenvalue weighted by atomic mass is 10.1. The minimum absolute atomic E-state index is 0.00440. The summed E-state index contributed by atoms with van der Waals surface area (Å²) in [5.74, 6) is -1.31. The lowest BCUT2D eigenvalue weighted by Crippen LogP contribution is -2.12. The molecule has 1 aromatic carbocycles. The Bertz CT molecular complexity index is 1250. The fraction of sp³-hybridized carbons (Fsp3) is 0.118. The summed E-state index contributed by atoms with van der Waals surface area (Å²) >= 11 is 1.15. The average Bonchev–Trinajstić information content (AvgIpc) is 3.13. The summed E-state index contributed by atoms with van der Waals surface area (Å²) in [5, 5.41) is 19.8. The van der Waals surface area contributed by atoms with Gasteiger partial charge >= 0.3 is 5.63 Å². The molecule has 0 radical (unpaired) electrons. The van der Waals surface area contributed by atoms with Gasteiger partial charge in [-0.25, -0.2) is 18.2 Å². The molecule has 12 heteroatoms.